The van der Waals surface area contributed by atoms with Crippen LogP contribution in [0.1, 0.15) is 38.5 Å². The van der Waals surface area contributed by atoms with E-state index >= 15 is 0 Å². The molecule has 2 N–H and O–H groups in total. The smallest absolute Gasteiger partial charge is 0.0969 e. The summed E-state index contributed by atoms with van der Waals surface area (Å²) >= 11 is 0. The topological polar surface area (TPSA) is 40.5 Å². The van der Waals surface area contributed by atoms with Gasteiger partial charge in [0.1, 0.15) is 0 Å². The molecular weight excluding hydrogens is 200 g/mol. The van der Waals surface area contributed by atoms with E-state index in [1.807, 2.05) is 0 Å². The van der Waals surface area contributed by atoms with Gasteiger partial charge in [-0.1, -0.05) is 0 Å². The second-order valence-electron chi connectivity index (χ2n) is 7.47. The molecule has 0 saturated heterocycles. The summed E-state index contributed by atoms with van der Waals surface area (Å²) in [4.78, 5) is 0. The molecule has 7 aliphatic rings. The summed E-state index contributed by atoms with van der Waals surface area (Å²) in [5.41, 5.74) is -1.37. The van der Waals surface area contributed by atoms with Crippen LogP contribution in [-0.2, 0) is 0 Å². The van der Waals surface area contributed by atoms with Crippen molar-refractivity contribution in [2.24, 2.45) is 35.5 Å². The quantitative estimate of drug-likeness (QED) is 0.650. The van der Waals surface area contributed by atoms with E-state index in [9.17, 15) is 10.2 Å². The average molecular weight is 220 g/mol. The Kier molecular flexibility index (Phi) is 1.25. The Balaban J connectivity index is 1.77. The van der Waals surface area contributed by atoms with Crippen LogP contribution in [0.5, 0.6) is 0 Å². The lowest BCUT2D eigenvalue weighted by molar-refractivity contribution is -0.358. The summed E-state index contributed by atoms with van der Waals surface area (Å²) in [5.74, 6) is 3.87. The van der Waals surface area contributed by atoms with Gasteiger partial charge in [-0.15, -0.1) is 0 Å². The van der Waals surface area contributed by atoms with Crippen LogP contribution in [0, 0.1) is 35.5 Å². The maximum atomic E-state index is 11.0. The molecule has 2 heteroatoms. The molecule has 7 aliphatic carbocycles. The molecule has 0 spiro atoms. The van der Waals surface area contributed by atoms with Crippen molar-refractivity contribution in [2.75, 3.05) is 0 Å². The van der Waals surface area contributed by atoms with E-state index < -0.39 is 11.2 Å². The minimum atomic E-state index is -0.684. The van der Waals surface area contributed by atoms with Crippen LogP contribution in [0.4, 0.5) is 0 Å². The van der Waals surface area contributed by atoms with Crippen LogP contribution in [0.2, 0.25) is 0 Å². The van der Waals surface area contributed by atoms with E-state index in [1.54, 1.807) is 0 Å². The average Bonchev–Trinajstić information content (AvgIpc) is 2.25. The summed E-state index contributed by atoms with van der Waals surface area (Å²) in [6.07, 6.45) is 6.94. The highest BCUT2D eigenvalue weighted by Crippen LogP contribution is 2.73. The number of aliphatic hydroxyl groups is 2. The Morgan fingerprint density at radius 1 is 0.688 bits per heavy atom. The minimum Gasteiger partial charge on any atom is -0.387 e. The fourth-order valence-corrected chi connectivity index (χ4v) is 6.92. The van der Waals surface area contributed by atoms with Crippen LogP contribution < -0.4 is 0 Å². The first-order chi connectivity index (χ1) is 7.62. The molecule has 0 heterocycles. The molecule has 7 saturated carbocycles. The first kappa shape index (κ1) is 8.93. The number of hydrogen-bond donors (Lipinski definition) is 2. The molecule has 0 aromatic carbocycles. The third kappa shape index (κ3) is 0.669. The van der Waals surface area contributed by atoms with Crippen LogP contribution in [0.3, 0.4) is 0 Å². The molecule has 7 rings (SSSR count). The fraction of sp³-hybridized carbons (Fsp3) is 1.00. The zero-order chi connectivity index (χ0) is 10.7. The third-order valence-corrected chi connectivity index (χ3v) is 7.15. The van der Waals surface area contributed by atoms with E-state index in [0.29, 0.717) is 11.8 Å². The predicted molar refractivity (Wildman–Crippen MR) is 58.5 cm³/mol. The van der Waals surface area contributed by atoms with Crippen molar-refractivity contribution >= 4 is 0 Å². The fourth-order valence-electron chi connectivity index (χ4n) is 6.92. The Bertz CT molecular complexity index is 345. The molecule has 0 aliphatic heterocycles. The van der Waals surface area contributed by atoms with Crippen molar-refractivity contribution in [1.82, 2.24) is 0 Å². The van der Waals surface area contributed by atoms with Gasteiger partial charge in [0, 0.05) is 0 Å². The first-order valence-corrected chi connectivity index (χ1v) is 7.06. The van der Waals surface area contributed by atoms with Crippen LogP contribution in [-0.4, -0.2) is 21.4 Å². The van der Waals surface area contributed by atoms with Crippen LogP contribution in [0.15, 0.2) is 0 Å². The first-order valence-electron chi connectivity index (χ1n) is 7.06. The van der Waals surface area contributed by atoms with E-state index in [1.165, 1.54) is 25.7 Å². The zero-order valence-corrected chi connectivity index (χ0v) is 9.60. The highest BCUT2D eigenvalue weighted by Gasteiger charge is 2.76. The number of hydrogen-bond acceptors (Lipinski definition) is 2. The van der Waals surface area contributed by atoms with Gasteiger partial charge in [-0.3, -0.25) is 0 Å². The van der Waals surface area contributed by atoms with Gasteiger partial charge >= 0.3 is 0 Å². The molecule has 8 unspecified atom stereocenters. The van der Waals surface area contributed by atoms with Gasteiger partial charge in [0.15, 0.2) is 0 Å². The standard InChI is InChI=1S/C14H20O2/c15-13-5-7-1-9-10-2-8(4-11(9)13)6-14(13,16)12(10)3-7/h7-12,15-16H,1-6H2. The van der Waals surface area contributed by atoms with Crippen molar-refractivity contribution in [1.29, 1.82) is 0 Å². The molecule has 0 aromatic heterocycles. The van der Waals surface area contributed by atoms with Crippen molar-refractivity contribution in [3.05, 3.63) is 0 Å². The van der Waals surface area contributed by atoms with Gasteiger partial charge < -0.3 is 10.2 Å². The van der Waals surface area contributed by atoms with Gasteiger partial charge in [0.2, 0.25) is 0 Å². The maximum Gasteiger partial charge on any atom is 0.0969 e. The van der Waals surface area contributed by atoms with Crippen molar-refractivity contribution < 1.29 is 10.2 Å². The van der Waals surface area contributed by atoms with Gasteiger partial charge in [-0.05, 0) is 74.0 Å². The lowest BCUT2D eigenvalue weighted by Crippen LogP contribution is -2.80. The summed E-state index contributed by atoms with van der Waals surface area (Å²) in [5, 5.41) is 22.1. The monoisotopic (exact) mass is 220 g/mol. The minimum absolute atomic E-state index is 0.447. The zero-order valence-electron chi connectivity index (χ0n) is 9.60. The Morgan fingerprint density at radius 2 is 1.12 bits per heavy atom. The van der Waals surface area contributed by atoms with E-state index in [-0.39, 0.29) is 0 Å². The van der Waals surface area contributed by atoms with Gasteiger partial charge in [0.05, 0.1) is 11.2 Å². The molecule has 8 atom stereocenters. The SMILES string of the molecule is OC12CC3CC4C5CC(CC41)CC2(O)C5C3. The van der Waals surface area contributed by atoms with Crippen LogP contribution in [0.25, 0.3) is 0 Å². The molecule has 0 radical (unpaired) electrons. The van der Waals surface area contributed by atoms with E-state index in [4.69, 9.17) is 0 Å². The molecule has 16 heavy (non-hydrogen) atoms. The predicted octanol–water partition coefficient (Wildman–Crippen LogP) is 1.55. The molecule has 0 amide bonds. The van der Waals surface area contributed by atoms with E-state index in [0.717, 1.165) is 36.5 Å². The highest BCUT2D eigenvalue weighted by atomic mass is 16.4. The van der Waals surface area contributed by atoms with Crippen molar-refractivity contribution in [2.45, 2.75) is 49.7 Å². The summed E-state index contributed by atoms with van der Waals surface area (Å²) < 4.78 is 0. The van der Waals surface area contributed by atoms with Gasteiger partial charge in [-0.25, -0.2) is 0 Å². The summed E-state index contributed by atoms with van der Waals surface area (Å²) in [6.45, 7) is 0. The van der Waals surface area contributed by atoms with Gasteiger partial charge in [0.25, 0.3) is 0 Å². The lowest BCUT2D eigenvalue weighted by Gasteiger charge is -2.75. The Hall–Kier alpha value is -0.0800. The molecule has 7 fully saturated rings. The molecule has 88 valence electrons. The Morgan fingerprint density at radius 3 is 1.56 bits per heavy atom. The molecule has 2 nitrogen and oxygen atoms in total. The lowest BCUT2D eigenvalue weighted by atomic mass is 9.32. The van der Waals surface area contributed by atoms with Crippen molar-refractivity contribution in [3.8, 4) is 0 Å². The summed E-state index contributed by atoms with van der Waals surface area (Å²) in [6, 6.07) is 0. The largest absolute Gasteiger partial charge is 0.387 e. The van der Waals surface area contributed by atoms with Gasteiger partial charge in [-0.2, -0.15) is 0 Å². The Labute approximate surface area is 96.0 Å². The second kappa shape index (κ2) is 2.24. The van der Waals surface area contributed by atoms with E-state index in [2.05, 4.69) is 0 Å². The normalized spacial score (nSPS) is 73.9. The highest BCUT2D eigenvalue weighted by molar-refractivity contribution is 5.26. The third-order valence-electron chi connectivity index (χ3n) is 7.15. The molecule has 0 aromatic rings. The molecular formula is C14H20O2. The van der Waals surface area contributed by atoms with Crippen LogP contribution >= 0.6 is 0 Å². The molecule has 8 bridgehead atoms. The van der Waals surface area contributed by atoms with Crippen molar-refractivity contribution in [3.63, 3.8) is 0 Å². The number of rotatable bonds is 0. The second-order valence-corrected chi connectivity index (χ2v) is 7.47. The maximum absolute atomic E-state index is 11.0. The summed E-state index contributed by atoms with van der Waals surface area (Å²) in [7, 11) is 0.